The predicted octanol–water partition coefficient (Wildman–Crippen LogP) is 4.25. The van der Waals surface area contributed by atoms with Gasteiger partial charge >= 0.3 is 0 Å². The van der Waals surface area contributed by atoms with Crippen LogP contribution >= 0.6 is 15.9 Å². The molecule has 1 atom stereocenters. The molecule has 0 saturated heterocycles. The van der Waals surface area contributed by atoms with Gasteiger partial charge in [-0.15, -0.1) is 0 Å². The number of hydrogen-bond acceptors (Lipinski definition) is 3. The Morgan fingerprint density at radius 3 is 2.84 bits per heavy atom. The summed E-state index contributed by atoms with van der Waals surface area (Å²) in [7, 11) is 1.41. The van der Waals surface area contributed by atoms with Crippen LogP contribution in [-0.2, 0) is 4.79 Å². The van der Waals surface area contributed by atoms with E-state index in [1.54, 1.807) is 25.1 Å². The van der Waals surface area contributed by atoms with Crippen molar-refractivity contribution in [1.29, 1.82) is 0 Å². The first-order valence-corrected chi connectivity index (χ1v) is 8.54. The van der Waals surface area contributed by atoms with Crippen LogP contribution in [0.2, 0.25) is 0 Å². The van der Waals surface area contributed by atoms with E-state index in [-0.39, 0.29) is 24.3 Å². The van der Waals surface area contributed by atoms with E-state index in [9.17, 15) is 9.18 Å². The zero-order valence-corrected chi connectivity index (χ0v) is 15.4. The lowest BCUT2D eigenvalue weighted by molar-refractivity contribution is -0.118. The molecule has 0 radical (unpaired) electrons. The number of carbonyl (C=O) groups excluding carboxylic acids is 1. The molecule has 0 saturated carbocycles. The monoisotopic (exact) mass is 405 g/mol. The summed E-state index contributed by atoms with van der Waals surface area (Å²) in [6.45, 7) is 2.00. The zero-order chi connectivity index (χ0) is 18.0. The van der Waals surface area contributed by atoms with Gasteiger partial charge in [-0.2, -0.15) is 0 Å². The maximum Gasteiger partial charge on any atom is 0.251 e. The molecule has 4 nitrogen and oxygen atoms in total. The van der Waals surface area contributed by atoms with Crippen LogP contribution in [0.3, 0.4) is 0 Å². The lowest BCUT2D eigenvalue weighted by Crippen LogP contribution is -2.31. The third kappa shape index (κ3) is 3.85. The fraction of sp³-hybridized carbons (Fsp3) is 0.211. The normalized spacial score (nSPS) is 14.0. The van der Waals surface area contributed by atoms with Crippen LogP contribution in [0.5, 0.6) is 11.5 Å². The molecule has 0 aliphatic carbocycles. The van der Waals surface area contributed by atoms with Gasteiger partial charge in [-0.05, 0) is 48.9 Å². The van der Waals surface area contributed by atoms with Gasteiger partial charge in [0.2, 0.25) is 0 Å². The van der Waals surface area contributed by atoms with E-state index in [0.717, 1.165) is 15.8 Å². The molecule has 1 aliphatic rings. The van der Waals surface area contributed by atoms with E-state index >= 15 is 0 Å². The van der Waals surface area contributed by atoms with Crippen LogP contribution in [0, 0.1) is 5.82 Å². The summed E-state index contributed by atoms with van der Waals surface area (Å²) in [4.78, 5) is 12.5. The Hall–Kier alpha value is -2.34. The standard InChI is InChI=1S/C19H17BrFNO3/c1-11(12-3-5-18(24-2)16(21)9-12)22-19(23)14-7-13-8-15(20)4-6-17(13)25-10-14/h3-9,11H,10H2,1-2H3,(H,22,23). The maximum absolute atomic E-state index is 13.8. The van der Waals surface area contributed by atoms with Crippen LogP contribution in [-0.4, -0.2) is 19.6 Å². The molecule has 1 heterocycles. The van der Waals surface area contributed by atoms with Crippen molar-refractivity contribution in [2.75, 3.05) is 13.7 Å². The van der Waals surface area contributed by atoms with Crippen molar-refractivity contribution in [3.05, 3.63) is 63.4 Å². The highest BCUT2D eigenvalue weighted by Crippen LogP contribution is 2.29. The van der Waals surface area contributed by atoms with Crippen molar-refractivity contribution in [3.63, 3.8) is 0 Å². The van der Waals surface area contributed by atoms with Crippen LogP contribution in [0.25, 0.3) is 6.08 Å². The number of methoxy groups -OCH3 is 1. The van der Waals surface area contributed by atoms with Gasteiger partial charge in [-0.1, -0.05) is 22.0 Å². The quantitative estimate of drug-likeness (QED) is 0.826. The molecular formula is C19H17BrFNO3. The second-order valence-corrected chi connectivity index (χ2v) is 6.65. The Balaban J connectivity index is 1.75. The number of amides is 1. The fourth-order valence-corrected chi connectivity index (χ4v) is 2.98. The Kier molecular flexibility index (Phi) is 5.08. The lowest BCUT2D eigenvalue weighted by atomic mass is 10.0. The first kappa shape index (κ1) is 17.5. The summed E-state index contributed by atoms with van der Waals surface area (Å²) in [5.74, 6) is 0.215. The SMILES string of the molecule is COc1ccc(C(C)NC(=O)C2=Cc3cc(Br)ccc3OC2)cc1F. The molecule has 0 bridgehead atoms. The van der Waals surface area contributed by atoms with Crippen LogP contribution in [0.15, 0.2) is 46.4 Å². The van der Waals surface area contributed by atoms with Crippen molar-refractivity contribution >= 4 is 27.9 Å². The van der Waals surface area contributed by atoms with Gasteiger partial charge < -0.3 is 14.8 Å². The highest BCUT2D eigenvalue weighted by atomic mass is 79.9. The lowest BCUT2D eigenvalue weighted by Gasteiger charge is -2.20. The molecule has 1 unspecified atom stereocenters. The van der Waals surface area contributed by atoms with Gasteiger partial charge in [-0.3, -0.25) is 4.79 Å². The largest absolute Gasteiger partial charge is 0.494 e. The number of hydrogen-bond donors (Lipinski definition) is 1. The van der Waals surface area contributed by atoms with Gasteiger partial charge in [0.1, 0.15) is 12.4 Å². The average molecular weight is 406 g/mol. The number of carbonyl (C=O) groups is 1. The average Bonchev–Trinajstić information content (AvgIpc) is 2.60. The molecule has 130 valence electrons. The first-order chi connectivity index (χ1) is 12.0. The molecule has 25 heavy (non-hydrogen) atoms. The Morgan fingerprint density at radius 2 is 2.12 bits per heavy atom. The summed E-state index contributed by atoms with van der Waals surface area (Å²) >= 11 is 3.41. The summed E-state index contributed by atoms with van der Waals surface area (Å²) in [5.41, 5.74) is 2.02. The molecular weight excluding hydrogens is 389 g/mol. The number of rotatable bonds is 4. The van der Waals surface area contributed by atoms with Crippen molar-refractivity contribution < 1.29 is 18.7 Å². The number of ether oxygens (including phenoxy) is 2. The van der Waals surface area contributed by atoms with Gasteiger partial charge in [-0.25, -0.2) is 4.39 Å². The molecule has 6 heteroatoms. The third-order valence-electron chi connectivity index (χ3n) is 4.00. The van der Waals surface area contributed by atoms with Gasteiger partial charge in [0.15, 0.2) is 11.6 Å². The van der Waals surface area contributed by atoms with Crippen molar-refractivity contribution in [2.24, 2.45) is 0 Å². The molecule has 0 aromatic heterocycles. The van der Waals surface area contributed by atoms with Crippen LogP contribution < -0.4 is 14.8 Å². The Bertz CT molecular complexity index is 851. The number of halogens is 2. The zero-order valence-electron chi connectivity index (χ0n) is 13.8. The van der Waals surface area contributed by atoms with Crippen molar-refractivity contribution in [2.45, 2.75) is 13.0 Å². The highest BCUT2D eigenvalue weighted by molar-refractivity contribution is 9.10. The van der Waals surface area contributed by atoms with Crippen LogP contribution in [0.1, 0.15) is 24.1 Å². The first-order valence-electron chi connectivity index (χ1n) is 7.75. The number of benzene rings is 2. The van der Waals surface area contributed by atoms with E-state index in [2.05, 4.69) is 21.2 Å². The van der Waals surface area contributed by atoms with E-state index in [1.807, 2.05) is 18.2 Å². The maximum atomic E-state index is 13.8. The van der Waals surface area contributed by atoms with E-state index < -0.39 is 5.82 Å². The summed E-state index contributed by atoms with van der Waals surface area (Å²) in [5, 5.41) is 2.87. The Morgan fingerprint density at radius 1 is 1.32 bits per heavy atom. The van der Waals surface area contributed by atoms with E-state index in [0.29, 0.717) is 11.1 Å². The number of fused-ring (bicyclic) bond motifs is 1. The second-order valence-electron chi connectivity index (χ2n) is 5.73. The third-order valence-corrected chi connectivity index (χ3v) is 4.49. The summed E-state index contributed by atoms with van der Waals surface area (Å²) < 4.78 is 25.3. The predicted molar refractivity (Wildman–Crippen MR) is 97.1 cm³/mol. The molecule has 0 fully saturated rings. The topological polar surface area (TPSA) is 47.6 Å². The summed E-state index contributed by atoms with van der Waals surface area (Å²) in [6, 6.07) is 9.92. The molecule has 2 aromatic carbocycles. The highest BCUT2D eigenvalue weighted by Gasteiger charge is 2.20. The van der Waals surface area contributed by atoms with Gasteiger partial charge in [0, 0.05) is 10.0 Å². The molecule has 3 rings (SSSR count). The Labute approximate surface area is 153 Å². The van der Waals surface area contributed by atoms with Crippen molar-refractivity contribution in [3.8, 4) is 11.5 Å². The molecule has 0 spiro atoms. The van der Waals surface area contributed by atoms with E-state index in [1.165, 1.54) is 13.2 Å². The van der Waals surface area contributed by atoms with E-state index in [4.69, 9.17) is 9.47 Å². The molecule has 1 aliphatic heterocycles. The van der Waals surface area contributed by atoms with Crippen LogP contribution in [0.4, 0.5) is 4.39 Å². The second kappa shape index (κ2) is 7.27. The smallest absolute Gasteiger partial charge is 0.251 e. The minimum absolute atomic E-state index is 0.174. The fourth-order valence-electron chi connectivity index (χ4n) is 2.60. The molecule has 1 N–H and O–H groups in total. The molecule has 1 amide bonds. The van der Waals surface area contributed by atoms with Crippen molar-refractivity contribution in [1.82, 2.24) is 5.32 Å². The van der Waals surface area contributed by atoms with Gasteiger partial charge in [0.05, 0.1) is 18.7 Å². The molecule has 2 aromatic rings. The number of nitrogens with one attached hydrogen (secondary N) is 1. The minimum atomic E-state index is -0.458. The summed E-state index contributed by atoms with van der Waals surface area (Å²) in [6.07, 6.45) is 1.81. The minimum Gasteiger partial charge on any atom is -0.494 e. The van der Waals surface area contributed by atoms with Gasteiger partial charge in [0.25, 0.3) is 5.91 Å².